The normalized spacial score (nSPS) is 11.9. The molecule has 0 fully saturated rings. The molecule has 0 aliphatic carbocycles. The van der Waals surface area contributed by atoms with E-state index < -0.39 is 0 Å². The molecule has 0 spiro atoms. The number of hydrogen-bond acceptors (Lipinski definition) is 1. The molecule has 1 nitrogen and oxygen atoms in total. The zero-order valence-corrected chi connectivity index (χ0v) is 12.0. The first-order valence-corrected chi connectivity index (χ1v) is 6.77. The Bertz CT molecular complexity index is 609. The SMILES string of the molecule is Cc1ccccc1[C@@H](C#N)Cc1c(Cl)cccc1Cl. The number of aryl methyl sites for hydroxylation is 1. The molecule has 2 rings (SSSR count). The first kappa shape index (κ1) is 13.9. The van der Waals surface area contributed by atoms with E-state index in [0.717, 1.165) is 16.7 Å². The van der Waals surface area contributed by atoms with Crippen LogP contribution in [0, 0.1) is 18.3 Å². The summed E-state index contributed by atoms with van der Waals surface area (Å²) in [7, 11) is 0. The van der Waals surface area contributed by atoms with Gasteiger partial charge in [0.25, 0.3) is 0 Å². The van der Waals surface area contributed by atoms with Gasteiger partial charge in [0.15, 0.2) is 0 Å². The van der Waals surface area contributed by atoms with Gasteiger partial charge in [0.05, 0.1) is 12.0 Å². The van der Waals surface area contributed by atoms with Crippen molar-refractivity contribution in [2.24, 2.45) is 0 Å². The number of halogens is 2. The molecule has 0 aliphatic heterocycles. The van der Waals surface area contributed by atoms with Gasteiger partial charge in [-0.3, -0.25) is 0 Å². The summed E-state index contributed by atoms with van der Waals surface area (Å²) in [5.74, 6) is -0.237. The first-order valence-electron chi connectivity index (χ1n) is 6.01. The molecule has 0 saturated heterocycles. The van der Waals surface area contributed by atoms with Crippen molar-refractivity contribution in [1.29, 1.82) is 5.26 Å². The zero-order valence-electron chi connectivity index (χ0n) is 10.5. The van der Waals surface area contributed by atoms with Gasteiger partial charge in [-0.2, -0.15) is 5.26 Å². The van der Waals surface area contributed by atoms with Gasteiger partial charge in [-0.05, 0) is 42.2 Å². The van der Waals surface area contributed by atoms with Crippen molar-refractivity contribution < 1.29 is 0 Å². The van der Waals surface area contributed by atoms with Crippen molar-refractivity contribution in [2.45, 2.75) is 19.3 Å². The molecule has 0 aliphatic rings. The highest BCUT2D eigenvalue weighted by atomic mass is 35.5. The fraction of sp³-hybridized carbons (Fsp3) is 0.188. The largest absolute Gasteiger partial charge is 0.198 e. The molecule has 2 aromatic rings. The van der Waals surface area contributed by atoms with Gasteiger partial charge in [-0.15, -0.1) is 0 Å². The fourth-order valence-corrected chi connectivity index (χ4v) is 2.69. The second-order valence-electron chi connectivity index (χ2n) is 4.44. The number of nitrogens with zero attached hydrogens (tertiary/aromatic N) is 1. The zero-order chi connectivity index (χ0) is 13.8. The van der Waals surface area contributed by atoms with E-state index in [1.54, 1.807) is 12.1 Å². The molecule has 0 unspecified atom stereocenters. The maximum Gasteiger partial charge on any atom is 0.0756 e. The van der Waals surface area contributed by atoms with Crippen molar-refractivity contribution in [3.05, 3.63) is 69.2 Å². The lowest BCUT2D eigenvalue weighted by atomic mass is 9.90. The van der Waals surface area contributed by atoms with Crippen LogP contribution in [0.15, 0.2) is 42.5 Å². The summed E-state index contributed by atoms with van der Waals surface area (Å²) < 4.78 is 0. The molecule has 2 aromatic carbocycles. The van der Waals surface area contributed by atoms with E-state index in [4.69, 9.17) is 23.2 Å². The molecule has 0 N–H and O–H groups in total. The van der Waals surface area contributed by atoms with E-state index in [9.17, 15) is 5.26 Å². The number of rotatable bonds is 3. The summed E-state index contributed by atoms with van der Waals surface area (Å²) >= 11 is 12.3. The number of benzene rings is 2. The monoisotopic (exact) mass is 289 g/mol. The minimum Gasteiger partial charge on any atom is -0.198 e. The van der Waals surface area contributed by atoms with Crippen molar-refractivity contribution in [2.75, 3.05) is 0 Å². The fourth-order valence-electron chi connectivity index (χ4n) is 2.13. The number of nitriles is 1. The standard InChI is InChI=1S/C16H13Cl2N/c1-11-5-2-3-6-13(11)12(10-19)9-14-15(17)7-4-8-16(14)18/h2-8,12H,9H2,1H3/t12-/m1/s1. The van der Waals surface area contributed by atoms with Gasteiger partial charge < -0.3 is 0 Å². The molecule has 0 bridgehead atoms. The second kappa shape index (κ2) is 6.10. The lowest BCUT2D eigenvalue weighted by molar-refractivity contribution is 0.841. The van der Waals surface area contributed by atoms with E-state index in [-0.39, 0.29) is 5.92 Å². The van der Waals surface area contributed by atoms with Gasteiger partial charge in [-0.1, -0.05) is 53.5 Å². The molecule has 19 heavy (non-hydrogen) atoms. The van der Waals surface area contributed by atoms with Crippen LogP contribution in [0.2, 0.25) is 10.0 Å². The van der Waals surface area contributed by atoms with Crippen LogP contribution in [0.3, 0.4) is 0 Å². The highest BCUT2D eigenvalue weighted by molar-refractivity contribution is 6.36. The van der Waals surface area contributed by atoms with E-state index >= 15 is 0 Å². The lowest BCUT2D eigenvalue weighted by Crippen LogP contribution is -2.03. The third-order valence-electron chi connectivity index (χ3n) is 3.19. The Morgan fingerprint density at radius 3 is 2.26 bits per heavy atom. The topological polar surface area (TPSA) is 23.8 Å². The van der Waals surface area contributed by atoms with Crippen LogP contribution in [-0.2, 0) is 6.42 Å². The van der Waals surface area contributed by atoms with Gasteiger partial charge in [0, 0.05) is 10.0 Å². The molecule has 0 saturated carbocycles. The van der Waals surface area contributed by atoms with Crippen molar-refractivity contribution >= 4 is 23.2 Å². The minimum absolute atomic E-state index is 0.237. The summed E-state index contributed by atoms with van der Waals surface area (Å²) in [4.78, 5) is 0. The lowest BCUT2D eigenvalue weighted by Gasteiger charge is -2.14. The van der Waals surface area contributed by atoms with Gasteiger partial charge in [-0.25, -0.2) is 0 Å². The van der Waals surface area contributed by atoms with Crippen LogP contribution in [0.25, 0.3) is 0 Å². The highest BCUT2D eigenvalue weighted by Crippen LogP contribution is 2.31. The van der Waals surface area contributed by atoms with Gasteiger partial charge >= 0.3 is 0 Å². The summed E-state index contributed by atoms with van der Waals surface area (Å²) in [5, 5.41) is 10.6. The Morgan fingerprint density at radius 1 is 1.05 bits per heavy atom. The van der Waals surface area contributed by atoms with E-state index in [0.29, 0.717) is 16.5 Å². The molecule has 1 atom stereocenters. The second-order valence-corrected chi connectivity index (χ2v) is 5.26. The maximum atomic E-state index is 9.41. The summed E-state index contributed by atoms with van der Waals surface area (Å²) in [6.07, 6.45) is 0.528. The Kier molecular flexibility index (Phi) is 4.47. The molecule has 3 heteroatoms. The Balaban J connectivity index is 2.36. The van der Waals surface area contributed by atoms with E-state index in [1.807, 2.05) is 37.3 Å². The van der Waals surface area contributed by atoms with E-state index in [1.165, 1.54) is 0 Å². The van der Waals surface area contributed by atoms with Gasteiger partial charge in [0.2, 0.25) is 0 Å². The van der Waals surface area contributed by atoms with Crippen LogP contribution < -0.4 is 0 Å². The average Bonchev–Trinajstić information content (AvgIpc) is 2.40. The quantitative estimate of drug-likeness (QED) is 0.766. The summed E-state index contributed by atoms with van der Waals surface area (Å²) in [6.45, 7) is 2.01. The third-order valence-corrected chi connectivity index (χ3v) is 3.90. The molecule has 0 heterocycles. The number of hydrogen-bond donors (Lipinski definition) is 0. The Morgan fingerprint density at radius 2 is 1.68 bits per heavy atom. The summed E-state index contributed by atoms with van der Waals surface area (Å²) in [5.41, 5.74) is 2.97. The van der Waals surface area contributed by atoms with Gasteiger partial charge in [0.1, 0.15) is 0 Å². The minimum atomic E-state index is -0.237. The molecule has 96 valence electrons. The molecular formula is C16H13Cl2N. The smallest absolute Gasteiger partial charge is 0.0756 e. The average molecular weight is 290 g/mol. The molecular weight excluding hydrogens is 277 g/mol. The molecule has 0 radical (unpaired) electrons. The first-order chi connectivity index (χ1) is 9.13. The third kappa shape index (κ3) is 3.10. The summed E-state index contributed by atoms with van der Waals surface area (Å²) in [6, 6.07) is 15.7. The van der Waals surface area contributed by atoms with Crippen molar-refractivity contribution in [3.8, 4) is 6.07 Å². The van der Waals surface area contributed by atoms with Crippen molar-refractivity contribution in [3.63, 3.8) is 0 Å². The Hall–Kier alpha value is -1.49. The van der Waals surface area contributed by atoms with Crippen molar-refractivity contribution in [1.82, 2.24) is 0 Å². The van der Waals surface area contributed by atoms with Crippen LogP contribution in [0.5, 0.6) is 0 Å². The maximum absolute atomic E-state index is 9.41. The molecule has 0 amide bonds. The highest BCUT2D eigenvalue weighted by Gasteiger charge is 2.17. The Labute approximate surface area is 123 Å². The van der Waals surface area contributed by atoms with Crippen LogP contribution in [0.4, 0.5) is 0 Å². The predicted octanol–water partition coefficient (Wildman–Crippen LogP) is 5.15. The van der Waals surface area contributed by atoms with E-state index in [2.05, 4.69) is 6.07 Å². The van der Waals surface area contributed by atoms with Crippen LogP contribution in [-0.4, -0.2) is 0 Å². The van der Waals surface area contributed by atoms with Crippen LogP contribution in [0.1, 0.15) is 22.6 Å². The predicted molar refractivity (Wildman–Crippen MR) is 79.7 cm³/mol. The molecule has 0 aromatic heterocycles. The van der Waals surface area contributed by atoms with Crippen LogP contribution >= 0.6 is 23.2 Å².